The molecule has 4 aromatic rings. The predicted octanol–water partition coefficient (Wildman–Crippen LogP) is 4.91. The number of carbonyl (C=O) groups excluding carboxylic acids is 1. The van der Waals surface area contributed by atoms with Gasteiger partial charge in [-0.15, -0.1) is 0 Å². The van der Waals surface area contributed by atoms with E-state index in [1.807, 2.05) is 35.9 Å². The largest absolute Gasteiger partial charge is 0.492 e. The Morgan fingerprint density at radius 1 is 1.26 bits per heavy atom. The number of nitrogens with zero attached hydrogens (tertiary/aromatic N) is 4. The molecular formula is C22H20F2N4O2S. The van der Waals surface area contributed by atoms with E-state index in [2.05, 4.69) is 9.97 Å². The van der Waals surface area contributed by atoms with Crippen LogP contribution in [0, 0.1) is 11.6 Å². The minimum absolute atomic E-state index is 0.201. The Kier molecular flexibility index (Phi) is 6.22. The first kappa shape index (κ1) is 20.9. The second kappa shape index (κ2) is 9.22. The molecule has 2 aromatic heterocycles. The topological polar surface area (TPSA) is 60.2 Å². The molecule has 0 bridgehead atoms. The highest BCUT2D eigenvalue weighted by atomic mass is 32.1. The lowest BCUT2D eigenvalue weighted by Crippen LogP contribution is -2.33. The number of rotatable bonds is 8. The quantitative estimate of drug-likeness (QED) is 0.389. The summed E-state index contributed by atoms with van der Waals surface area (Å²) in [6, 6.07) is 8.52. The van der Waals surface area contributed by atoms with Crippen molar-refractivity contribution < 1.29 is 18.3 Å². The van der Waals surface area contributed by atoms with Crippen LogP contribution in [-0.4, -0.2) is 33.6 Å². The molecule has 9 heteroatoms. The third-order valence-corrected chi connectivity index (χ3v) is 5.71. The Balaban J connectivity index is 1.68. The number of fused-ring (bicyclic) bond motifs is 1. The van der Waals surface area contributed by atoms with Gasteiger partial charge in [0.05, 0.1) is 23.2 Å². The van der Waals surface area contributed by atoms with Crippen molar-refractivity contribution in [1.29, 1.82) is 0 Å². The number of amides is 1. The van der Waals surface area contributed by atoms with Crippen LogP contribution in [0.4, 0.5) is 13.9 Å². The Hall–Kier alpha value is -3.33. The highest BCUT2D eigenvalue weighted by Gasteiger charge is 2.24. The summed E-state index contributed by atoms with van der Waals surface area (Å²) in [5.41, 5.74) is 0.449. The predicted molar refractivity (Wildman–Crippen MR) is 116 cm³/mol. The fraction of sp³-hybridized carbons (Fsp3) is 0.227. The highest BCUT2D eigenvalue weighted by Crippen LogP contribution is 2.35. The summed E-state index contributed by atoms with van der Waals surface area (Å²) in [5.74, 6) is -1.58. The van der Waals surface area contributed by atoms with Crippen molar-refractivity contribution in [3.63, 3.8) is 0 Å². The lowest BCUT2D eigenvalue weighted by molar-refractivity contribution is 0.0982. The average Bonchev–Trinajstić information content (AvgIpc) is 3.41. The van der Waals surface area contributed by atoms with Gasteiger partial charge in [-0.3, -0.25) is 9.69 Å². The summed E-state index contributed by atoms with van der Waals surface area (Å²) in [4.78, 5) is 23.3. The van der Waals surface area contributed by atoms with Crippen molar-refractivity contribution in [3.05, 3.63) is 72.3 Å². The van der Waals surface area contributed by atoms with E-state index in [0.717, 1.165) is 16.8 Å². The number of aromatic nitrogens is 3. The number of imidazole rings is 1. The van der Waals surface area contributed by atoms with E-state index < -0.39 is 17.5 Å². The molecule has 0 aliphatic carbocycles. The molecule has 0 radical (unpaired) electrons. The van der Waals surface area contributed by atoms with Gasteiger partial charge in [-0.25, -0.2) is 18.7 Å². The van der Waals surface area contributed by atoms with E-state index in [-0.39, 0.29) is 5.56 Å². The molecule has 0 N–H and O–H groups in total. The lowest BCUT2D eigenvalue weighted by atomic mass is 10.2. The van der Waals surface area contributed by atoms with Crippen LogP contribution < -0.4 is 9.64 Å². The lowest BCUT2D eigenvalue weighted by Gasteiger charge is -2.20. The second-order valence-electron chi connectivity index (χ2n) is 6.77. The molecule has 0 saturated carbocycles. The molecule has 0 aliphatic rings. The number of hydrogen-bond donors (Lipinski definition) is 0. The van der Waals surface area contributed by atoms with Crippen LogP contribution in [0.15, 0.2) is 55.1 Å². The minimum Gasteiger partial charge on any atom is -0.492 e. The summed E-state index contributed by atoms with van der Waals surface area (Å²) >= 11 is 1.32. The van der Waals surface area contributed by atoms with Gasteiger partial charge in [-0.2, -0.15) is 0 Å². The van der Waals surface area contributed by atoms with Gasteiger partial charge < -0.3 is 9.30 Å². The van der Waals surface area contributed by atoms with Crippen LogP contribution in [0.3, 0.4) is 0 Å². The zero-order valence-corrected chi connectivity index (χ0v) is 17.6. The van der Waals surface area contributed by atoms with Crippen molar-refractivity contribution in [3.8, 4) is 5.75 Å². The maximum absolute atomic E-state index is 14.4. The minimum atomic E-state index is -0.902. The Labute approximate surface area is 181 Å². The van der Waals surface area contributed by atoms with Crippen LogP contribution >= 0.6 is 11.3 Å². The Morgan fingerprint density at radius 3 is 2.87 bits per heavy atom. The van der Waals surface area contributed by atoms with Crippen LogP contribution in [0.1, 0.15) is 23.7 Å². The van der Waals surface area contributed by atoms with Gasteiger partial charge in [0.25, 0.3) is 5.91 Å². The number of halogens is 2. The molecule has 0 spiro atoms. The maximum atomic E-state index is 14.4. The molecule has 160 valence electrons. The number of thiazole rings is 1. The number of carbonyl (C=O) groups is 1. The fourth-order valence-electron chi connectivity index (χ4n) is 3.22. The average molecular weight is 442 g/mol. The van der Waals surface area contributed by atoms with Crippen molar-refractivity contribution in [2.45, 2.75) is 19.9 Å². The van der Waals surface area contributed by atoms with Gasteiger partial charge in [-0.05, 0) is 37.6 Å². The number of ether oxygens (including phenoxy) is 1. The van der Waals surface area contributed by atoms with Gasteiger partial charge in [-0.1, -0.05) is 17.4 Å². The van der Waals surface area contributed by atoms with Crippen molar-refractivity contribution in [2.24, 2.45) is 0 Å². The molecule has 2 aromatic carbocycles. The molecule has 0 saturated heterocycles. The van der Waals surface area contributed by atoms with Gasteiger partial charge in [0.1, 0.15) is 22.9 Å². The van der Waals surface area contributed by atoms with E-state index in [1.54, 1.807) is 12.5 Å². The number of aryl methyl sites for hydroxylation is 1. The third kappa shape index (κ3) is 4.56. The molecule has 0 fully saturated rings. The van der Waals surface area contributed by atoms with Gasteiger partial charge in [0.15, 0.2) is 5.13 Å². The molecular weight excluding hydrogens is 422 g/mol. The first-order valence-electron chi connectivity index (χ1n) is 9.82. The van der Waals surface area contributed by atoms with Crippen LogP contribution in [0.5, 0.6) is 5.75 Å². The zero-order chi connectivity index (χ0) is 21.8. The summed E-state index contributed by atoms with van der Waals surface area (Å²) in [7, 11) is 0. The van der Waals surface area contributed by atoms with E-state index in [9.17, 15) is 13.6 Å². The van der Waals surface area contributed by atoms with Crippen molar-refractivity contribution in [2.75, 3.05) is 18.1 Å². The van der Waals surface area contributed by atoms with E-state index in [4.69, 9.17) is 4.74 Å². The normalized spacial score (nSPS) is 11.1. The summed E-state index contributed by atoms with van der Waals surface area (Å²) < 4.78 is 36.1. The molecule has 0 atom stereocenters. The summed E-state index contributed by atoms with van der Waals surface area (Å²) in [6.07, 6.45) is 5.80. The molecule has 0 aliphatic heterocycles. The first-order chi connectivity index (χ1) is 15.1. The monoisotopic (exact) mass is 442 g/mol. The fourth-order valence-corrected chi connectivity index (χ4v) is 4.23. The van der Waals surface area contributed by atoms with E-state index in [1.165, 1.54) is 16.2 Å². The van der Waals surface area contributed by atoms with Crippen LogP contribution in [-0.2, 0) is 6.54 Å². The molecule has 2 heterocycles. The number of hydrogen-bond acceptors (Lipinski definition) is 5. The third-order valence-electron chi connectivity index (χ3n) is 4.67. The van der Waals surface area contributed by atoms with E-state index >= 15 is 0 Å². The SMILES string of the molecule is CCOc1cccc2sc(N(CCCn3ccnc3)C(=O)c3ccc(F)cc3F)nc12. The Bertz CT molecular complexity index is 1190. The molecule has 0 unspecified atom stereocenters. The second-order valence-corrected chi connectivity index (χ2v) is 7.78. The maximum Gasteiger partial charge on any atom is 0.263 e. The van der Waals surface area contributed by atoms with Gasteiger partial charge >= 0.3 is 0 Å². The highest BCUT2D eigenvalue weighted by molar-refractivity contribution is 7.22. The molecule has 31 heavy (non-hydrogen) atoms. The van der Waals surface area contributed by atoms with Gasteiger partial charge in [0, 0.05) is 31.5 Å². The molecule has 4 rings (SSSR count). The number of benzene rings is 2. The number of para-hydroxylation sites is 1. The van der Waals surface area contributed by atoms with Crippen LogP contribution in [0.2, 0.25) is 0 Å². The van der Waals surface area contributed by atoms with Crippen LogP contribution in [0.25, 0.3) is 10.2 Å². The van der Waals surface area contributed by atoms with Crippen molar-refractivity contribution >= 4 is 32.6 Å². The first-order valence-corrected chi connectivity index (χ1v) is 10.6. The smallest absolute Gasteiger partial charge is 0.263 e. The Morgan fingerprint density at radius 2 is 2.13 bits per heavy atom. The van der Waals surface area contributed by atoms with Gasteiger partial charge in [0.2, 0.25) is 0 Å². The standard InChI is InChI=1S/C22H20F2N4O2S/c1-2-30-18-5-3-6-19-20(18)26-22(31-19)28(11-4-10-27-12-9-25-14-27)21(29)16-8-7-15(23)13-17(16)24/h3,5-9,12-14H,2,4,10-11H2,1H3. The molecule has 1 amide bonds. The van der Waals surface area contributed by atoms with Crippen molar-refractivity contribution in [1.82, 2.24) is 14.5 Å². The summed E-state index contributed by atoms with van der Waals surface area (Å²) in [5, 5.41) is 0.432. The molecule has 6 nitrogen and oxygen atoms in total. The number of anilines is 1. The zero-order valence-electron chi connectivity index (χ0n) is 16.8. The summed E-state index contributed by atoms with van der Waals surface area (Å²) in [6.45, 7) is 3.30. The van der Waals surface area contributed by atoms with E-state index in [0.29, 0.717) is 48.6 Å².